The first-order valence-corrected chi connectivity index (χ1v) is 11.4. The van der Waals surface area contributed by atoms with Crippen LogP contribution in [0.15, 0.2) is 71.6 Å². The average Bonchev–Trinajstić information content (AvgIpc) is 2.74. The molecule has 0 aromatic heterocycles. The molecule has 0 bridgehead atoms. The fourth-order valence-electron chi connectivity index (χ4n) is 2.85. The maximum Gasteiger partial charge on any atom is 0.416 e. The van der Waals surface area contributed by atoms with Gasteiger partial charge in [0.05, 0.1) is 22.8 Å². The lowest BCUT2D eigenvalue weighted by molar-refractivity contribution is -0.137. The first-order chi connectivity index (χ1) is 15.5. The van der Waals surface area contributed by atoms with Crippen molar-refractivity contribution < 1.29 is 31.1 Å². The van der Waals surface area contributed by atoms with Crippen LogP contribution in [-0.4, -0.2) is 20.9 Å². The molecule has 0 unspecified atom stereocenters. The van der Waals surface area contributed by atoms with Crippen molar-refractivity contribution in [2.24, 2.45) is 0 Å². The molecule has 3 rings (SSSR count). The number of amides is 1. The number of ether oxygens (including phenoxy) is 1. The summed E-state index contributed by atoms with van der Waals surface area (Å²) in [5, 5.41) is 2.92. The van der Waals surface area contributed by atoms with E-state index in [1.165, 1.54) is 30.3 Å². The summed E-state index contributed by atoms with van der Waals surface area (Å²) in [7, 11) is -4.28. The van der Waals surface area contributed by atoms with Crippen molar-refractivity contribution in [1.82, 2.24) is 0 Å². The zero-order valence-corrected chi connectivity index (χ0v) is 18.7. The Labute approximate surface area is 193 Å². The largest absolute Gasteiger partial charge is 0.492 e. The summed E-state index contributed by atoms with van der Waals surface area (Å²) in [5.41, 5.74) is -0.957. The normalized spacial score (nSPS) is 11.7. The third kappa shape index (κ3) is 6.17. The van der Waals surface area contributed by atoms with Gasteiger partial charge in [-0.2, -0.15) is 13.2 Å². The fraction of sp³-hybridized carbons (Fsp3) is 0.136. The molecule has 174 valence electrons. The van der Waals surface area contributed by atoms with Crippen molar-refractivity contribution in [3.8, 4) is 5.75 Å². The van der Waals surface area contributed by atoms with Gasteiger partial charge in [0.1, 0.15) is 5.75 Å². The quantitative estimate of drug-likeness (QED) is 0.430. The van der Waals surface area contributed by atoms with Crippen LogP contribution in [0, 0.1) is 0 Å². The topological polar surface area (TPSA) is 84.5 Å². The Morgan fingerprint density at radius 1 is 1.03 bits per heavy atom. The second-order valence-corrected chi connectivity index (χ2v) is 8.86. The lowest BCUT2D eigenvalue weighted by Gasteiger charge is -2.15. The predicted molar refractivity (Wildman–Crippen MR) is 119 cm³/mol. The monoisotopic (exact) mass is 498 g/mol. The van der Waals surface area contributed by atoms with Gasteiger partial charge in [-0.3, -0.25) is 9.52 Å². The van der Waals surface area contributed by atoms with Crippen molar-refractivity contribution in [3.63, 3.8) is 0 Å². The summed E-state index contributed by atoms with van der Waals surface area (Å²) in [6.45, 7) is 1.96. The van der Waals surface area contributed by atoms with Crippen molar-refractivity contribution >= 4 is 38.9 Å². The molecule has 0 spiro atoms. The molecular formula is C22H18ClF3N2O4S. The Balaban J connectivity index is 1.92. The molecule has 0 radical (unpaired) electrons. The predicted octanol–water partition coefficient (Wildman–Crippen LogP) is 5.81. The van der Waals surface area contributed by atoms with Gasteiger partial charge in [0.15, 0.2) is 0 Å². The second-order valence-electron chi connectivity index (χ2n) is 6.74. The van der Waals surface area contributed by atoms with Gasteiger partial charge < -0.3 is 10.1 Å². The lowest BCUT2D eigenvalue weighted by Crippen LogP contribution is -2.16. The first-order valence-electron chi connectivity index (χ1n) is 9.53. The molecule has 0 saturated carbocycles. The highest BCUT2D eigenvalue weighted by atomic mass is 35.5. The number of benzene rings is 3. The van der Waals surface area contributed by atoms with Crippen LogP contribution < -0.4 is 14.8 Å². The molecule has 0 aliphatic heterocycles. The SMILES string of the molecule is CCOc1ccc(S(=O)(=O)Nc2cccc(C(F)(F)F)c2)cc1NC(=O)c1cccc(Cl)c1. The number of hydrogen-bond acceptors (Lipinski definition) is 4. The number of hydrogen-bond donors (Lipinski definition) is 2. The van der Waals surface area contributed by atoms with E-state index in [-0.39, 0.29) is 34.2 Å². The van der Waals surface area contributed by atoms with Gasteiger partial charge in [-0.1, -0.05) is 23.7 Å². The maximum atomic E-state index is 12.9. The van der Waals surface area contributed by atoms with Gasteiger partial charge in [-0.25, -0.2) is 8.42 Å². The summed E-state index contributed by atoms with van der Waals surface area (Å²) < 4.78 is 72.0. The molecule has 3 aromatic rings. The molecule has 33 heavy (non-hydrogen) atoms. The number of carbonyl (C=O) groups excluding carboxylic acids is 1. The Morgan fingerprint density at radius 2 is 1.76 bits per heavy atom. The van der Waals surface area contributed by atoms with Crippen molar-refractivity contribution in [3.05, 3.63) is 82.9 Å². The number of rotatable bonds is 7. The van der Waals surface area contributed by atoms with E-state index in [1.54, 1.807) is 19.1 Å². The van der Waals surface area contributed by atoms with E-state index < -0.39 is 27.7 Å². The van der Waals surface area contributed by atoms with Gasteiger partial charge in [0, 0.05) is 16.3 Å². The average molecular weight is 499 g/mol. The number of sulfonamides is 1. The summed E-state index contributed by atoms with van der Waals surface area (Å²) in [4.78, 5) is 12.3. The van der Waals surface area contributed by atoms with Crippen molar-refractivity contribution in [2.75, 3.05) is 16.6 Å². The minimum Gasteiger partial charge on any atom is -0.492 e. The summed E-state index contributed by atoms with van der Waals surface area (Å²) >= 11 is 5.91. The van der Waals surface area contributed by atoms with Crippen LogP contribution in [0.2, 0.25) is 5.02 Å². The number of anilines is 2. The van der Waals surface area contributed by atoms with E-state index in [0.29, 0.717) is 11.1 Å². The molecule has 0 fully saturated rings. The van der Waals surface area contributed by atoms with Gasteiger partial charge in [0.25, 0.3) is 15.9 Å². The number of alkyl halides is 3. The third-order valence-corrected chi connectivity index (χ3v) is 5.95. The van der Waals surface area contributed by atoms with Crippen molar-refractivity contribution in [2.45, 2.75) is 18.0 Å². The van der Waals surface area contributed by atoms with E-state index in [9.17, 15) is 26.4 Å². The smallest absolute Gasteiger partial charge is 0.416 e. The standard InChI is InChI=1S/C22H18ClF3N2O4S/c1-2-32-20-10-9-18(13-19(20)27-21(29)14-5-3-7-16(23)11-14)33(30,31)28-17-8-4-6-15(12-17)22(24,25)26/h3-13,28H,2H2,1H3,(H,27,29). The van der Waals surface area contributed by atoms with Crippen LogP contribution in [-0.2, 0) is 16.2 Å². The number of carbonyl (C=O) groups is 1. The first kappa shape index (κ1) is 24.4. The molecule has 1 amide bonds. The van der Waals surface area contributed by atoms with Crippen LogP contribution >= 0.6 is 11.6 Å². The van der Waals surface area contributed by atoms with E-state index in [2.05, 4.69) is 10.0 Å². The molecule has 0 heterocycles. The zero-order chi connectivity index (χ0) is 24.2. The Bertz CT molecular complexity index is 1280. The van der Waals surface area contributed by atoms with Crippen molar-refractivity contribution in [1.29, 1.82) is 0 Å². The molecule has 11 heteroatoms. The van der Waals surface area contributed by atoms with Gasteiger partial charge in [0.2, 0.25) is 0 Å². The second kappa shape index (κ2) is 9.72. The van der Waals surface area contributed by atoms with E-state index >= 15 is 0 Å². The number of nitrogens with one attached hydrogen (secondary N) is 2. The van der Waals surface area contributed by atoms with Crippen LogP contribution in [0.5, 0.6) is 5.75 Å². The van der Waals surface area contributed by atoms with Gasteiger partial charge in [-0.05, 0) is 61.5 Å². The minimum absolute atomic E-state index is 0.0637. The van der Waals surface area contributed by atoms with Gasteiger partial charge in [-0.15, -0.1) is 0 Å². The molecule has 0 aliphatic carbocycles. The van der Waals surface area contributed by atoms with Crippen LogP contribution in [0.4, 0.5) is 24.5 Å². The van der Waals surface area contributed by atoms with E-state index in [0.717, 1.165) is 18.2 Å². The Kier molecular flexibility index (Phi) is 7.19. The molecule has 0 saturated heterocycles. The maximum absolute atomic E-state index is 12.9. The van der Waals surface area contributed by atoms with Crippen LogP contribution in [0.25, 0.3) is 0 Å². The highest BCUT2D eigenvalue weighted by Crippen LogP contribution is 2.32. The highest BCUT2D eigenvalue weighted by Gasteiger charge is 2.30. The zero-order valence-electron chi connectivity index (χ0n) is 17.1. The third-order valence-electron chi connectivity index (χ3n) is 4.34. The summed E-state index contributed by atoms with van der Waals surface area (Å²) in [5.74, 6) is -0.343. The lowest BCUT2D eigenvalue weighted by atomic mass is 10.2. The molecule has 2 N–H and O–H groups in total. The van der Waals surface area contributed by atoms with E-state index in [4.69, 9.17) is 16.3 Å². The summed E-state index contributed by atoms with van der Waals surface area (Å²) in [6.07, 6.45) is -4.63. The van der Waals surface area contributed by atoms with Gasteiger partial charge >= 0.3 is 6.18 Å². The molecule has 3 aromatic carbocycles. The van der Waals surface area contributed by atoms with E-state index in [1.807, 2.05) is 0 Å². The Hall–Kier alpha value is -3.24. The highest BCUT2D eigenvalue weighted by molar-refractivity contribution is 7.92. The fourth-order valence-corrected chi connectivity index (χ4v) is 4.12. The molecule has 6 nitrogen and oxygen atoms in total. The number of halogens is 4. The molecule has 0 aliphatic rings. The van der Waals surface area contributed by atoms with Crippen LogP contribution in [0.3, 0.4) is 0 Å². The molecular weight excluding hydrogens is 481 g/mol. The minimum atomic E-state index is -4.63. The molecule has 0 atom stereocenters. The summed E-state index contributed by atoms with van der Waals surface area (Å²) in [6, 6.07) is 13.7. The Morgan fingerprint density at radius 3 is 2.42 bits per heavy atom. The van der Waals surface area contributed by atoms with Crippen LogP contribution in [0.1, 0.15) is 22.8 Å².